The minimum absolute atomic E-state index is 0.196. The van der Waals surface area contributed by atoms with E-state index in [0.29, 0.717) is 33.7 Å². The summed E-state index contributed by atoms with van der Waals surface area (Å²) in [7, 11) is -4.39. The standard InChI is InChI=1S/C21H16F3N3O4S.C8H8N2/c22-21(23,24)31-15-8-6-14(7-9-15)25-12-20-26-17-10-5-13(11-18(17)27-20)16-3-1-2-4-19(16)32(28,29)30;9-8-5-6-3-1-2-4-7(6)10-8/h1-11,25H,12H2,(H,26,27)(H,28,29,30);1-5,10H,9H2. The zero-order valence-corrected chi connectivity index (χ0v) is 22.5. The molecule has 4 aromatic carbocycles. The maximum Gasteiger partial charge on any atom is 0.573 e. The molecule has 216 valence electrons. The highest BCUT2D eigenvalue weighted by atomic mass is 32.2. The van der Waals surface area contributed by atoms with Crippen LogP contribution < -0.4 is 15.8 Å². The van der Waals surface area contributed by atoms with Crippen molar-refractivity contribution in [3.05, 3.63) is 103 Å². The van der Waals surface area contributed by atoms with E-state index in [1.54, 1.807) is 30.3 Å². The highest BCUT2D eigenvalue weighted by molar-refractivity contribution is 7.86. The monoisotopic (exact) mass is 595 g/mol. The first-order valence-electron chi connectivity index (χ1n) is 12.4. The molecule has 0 bridgehead atoms. The Morgan fingerprint density at radius 3 is 2.31 bits per heavy atom. The van der Waals surface area contributed by atoms with E-state index in [2.05, 4.69) is 25.0 Å². The maximum atomic E-state index is 12.2. The number of alkyl halides is 3. The molecule has 0 saturated heterocycles. The number of nitrogens with zero attached hydrogens (tertiary/aromatic N) is 1. The molecule has 2 heterocycles. The van der Waals surface area contributed by atoms with E-state index in [4.69, 9.17) is 5.73 Å². The predicted molar refractivity (Wildman–Crippen MR) is 155 cm³/mol. The van der Waals surface area contributed by atoms with Crippen molar-refractivity contribution in [1.29, 1.82) is 0 Å². The van der Waals surface area contributed by atoms with Crippen LogP contribution in [-0.2, 0) is 16.7 Å². The van der Waals surface area contributed by atoms with Gasteiger partial charge in [0, 0.05) is 22.2 Å². The number of nitrogens with one attached hydrogen (secondary N) is 3. The van der Waals surface area contributed by atoms with Crippen LogP contribution in [-0.4, -0.2) is 34.3 Å². The van der Waals surface area contributed by atoms with Gasteiger partial charge in [-0.3, -0.25) is 4.55 Å². The third-order valence-electron chi connectivity index (χ3n) is 6.11. The van der Waals surface area contributed by atoms with E-state index in [-0.39, 0.29) is 17.2 Å². The number of fused-ring (bicyclic) bond motifs is 2. The second-order valence-electron chi connectivity index (χ2n) is 9.12. The Hall–Kier alpha value is -5.01. The highest BCUT2D eigenvalue weighted by Gasteiger charge is 2.31. The maximum absolute atomic E-state index is 12.2. The number of nitrogen functional groups attached to an aromatic ring is 1. The molecule has 13 heteroatoms. The lowest BCUT2D eigenvalue weighted by Crippen LogP contribution is -2.17. The van der Waals surface area contributed by atoms with Crippen LogP contribution >= 0.6 is 0 Å². The molecule has 0 aliphatic rings. The van der Waals surface area contributed by atoms with Crippen molar-refractivity contribution < 1.29 is 30.9 Å². The van der Waals surface area contributed by atoms with Crippen LogP contribution in [0.2, 0.25) is 0 Å². The van der Waals surface area contributed by atoms with Gasteiger partial charge in [0.1, 0.15) is 22.3 Å². The first kappa shape index (κ1) is 28.5. The number of aromatic nitrogens is 3. The minimum Gasteiger partial charge on any atom is -0.406 e. The van der Waals surface area contributed by atoms with Crippen molar-refractivity contribution in [3.63, 3.8) is 0 Å². The molecule has 6 N–H and O–H groups in total. The number of anilines is 2. The van der Waals surface area contributed by atoms with Gasteiger partial charge in [0.15, 0.2) is 0 Å². The summed E-state index contributed by atoms with van der Waals surface area (Å²) in [6.45, 7) is 0.269. The van der Waals surface area contributed by atoms with Gasteiger partial charge in [-0.1, -0.05) is 42.5 Å². The summed E-state index contributed by atoms with van der Waals surface area (Å²) >= 11 is 0. The number of nitrogens with two attached hydrogens (primary N) is 1. The van der Waals surface area contributed by atoms with Gasteiger partial charge in [-0.2, -0.15) is 8.42 Å². The Bertz CT molecular complexity index is 1920. The number of imidazole rings is 1. The van der Waals surface area contributed by atoms with Crippen molar-refractivity contribution in [3.8, 4) is 16.9 Å². The fourth-order valence-electron chi connectivity index (χ4n) is 4.30. The number of benzene rings is 4. The second-order valence-corrected chi connectivity index (χ2v) is 10.5. The van der Waals surface area contributed by atoms with E-state index in [1.807, 2.05) is 30.3 Å². The van der Waals surface area contributed by atoms with Crippen molar-refractivity contribution in [2.75, 3.05) is 11.1 Å². The normalized spacial score (nSPS) is 11.7. The van der Waals surface area contributed by atoms with Gasteiger partial charge in [-0.25, -0.2) is 4.98 Å². The summed E-state index contributed by atoms with van der Waals surface area (Å²) < 4.78 is 73.4. The summed E-state index contributed by atoms with van der Waals surface area (Å²) in [5.41, 5.74) is 9.43. The Balaban J connectivity index is 0.000000295. The molecule has 6 aromatic rings. The fourth-order valence-corrected chi connectivity index (χ4v) is 5.01. The average molecular weight is 596 g/mol. The minimum atomic E-state index is -4.75. The van der Waals surface area contributed by atoms with E-state index in [1.165, 1.54) is 41.8 Å². The SMILES string of the molecule is Nc1cc2ccccc2[nH]1.O=S(=O)(O)c1ccccc1-c1ccc2nc(CNc3ccc(OC(F)(F)F)cc3)[nH]c2c1. The molecule has 0 aliphatic heterocycles. The van der Waals surface area contributed by atoms with Gasteiger partial charge in [-0.15, -0.1) is 13.2 Å². The Kier molecular flexibility index (Phi) is 7.79. The van der Waals surface area contributed by atoms with Gasteiger partial charge in [0.25, 0.3) is 10.1 Å². The lowest BCUT2D eigenvalue weighted by atomic mass is 10.1. The zero-order chi connectivity index (χ0) is 29.9. The number of hydrogen-bond donors (Lipinski definition) is 5. The third kappa shape index (κ3) is 7.00. The Morgan fingerprint density at radius 1 is 0.881 bits per heavy atom. The topological polar surface area (TPSA) is 146 Å². The van der Waals surface area contributed by atoms with Crippen LogP contribution in [0, 0.1) is 0 Å². The molecule has 0 saturated carbocycles. The van der Waals surface area contributed by atoms with E-state index >= 15 is 0 Å². The first-order valence-corrected chi connectivity index (χ1v) is 13.9. The first-order chi connectivity index (χ1) is 19.9. The Morgan fingerprint density at radius 2 is 1.60 bits per heavy atom. The van der Waals surface area contributed by atoms with E-state index < -0.39 is 16.5 Å². The number of halogens is 3. The fraction of sp³-hybridized carbons (Fsp3) is 0.0690. The molecule has 0 unspecified atom stereocenters. The number of ether oxygens (including phenoxy) is 1. The van der Waals surface area contributed by atoms with Gasteiger partial charge in [0.05, 0.1) is 17.6 Å². The number of para-hydroxylation sites is 1. The molecule has 2 aromatic heterocycles. The van der Waals surface area contributed by atoms with Crippen LogP contribution in [0.1, 0.15) is 5.82 Å². The van der Waals surface area contributed by atoms with Gasteiger partial charge in [0.2, 0.25) is 0 Å². The highest BCUT2D eigenvalue weighted by Crippen LogP contribution is 2.29. The third-order valence-corrected chi connectivity index (χ3v) is 7.02. The smallest absolute Gasteiger partial charge is 0.406 e. The van der Waals surface area contributed by atoms with Crippen molar-refractivity contribution >= 4 is 43.6 Å². The molecule has 6 rings (SSSR count). The zero-order valence-electron chi connectivity index (χ0n) is 21.7. The quantitative estimate of drug-likeness (QED) is 0.134. The van der Waals surface area contributed by atoms with E-state index in [9.17, 15) is 26.1 Å². The summed E-state index contributed by atoms with van der Waals surface area (Å²) in [6, 6.07) is 26.5. The second kappa shape index (κ2) is 11.5. The van der Waals surface area contributed by atoms with Gasteiger partial charge in [-0.05, 0) is 60.2 Å². The molecule has 0 spiro atoms. The molecule has 0 aliphatic carbocycles. The lowest BCUT2D eigenvalue weighted by Gasteiger charge is -2.09. The van der Waals surface area contributed by atoms with Crippen LogP contribution in [0.5, 0.6) is 5.75 Å². The number of hydrogen-bond acceptors (Lipinski definition) is 6. The molecule has 0 atom stereocenters. The lowest BCUT2D eigenvalue weighted by molar-refractivity contribution is -0.274. The summed E-state index contributed by atoms with van der Waals surface area (Å²) in [5.74, 6) is 0.974. The largest absolute Gasteiger partial charge is 0.573 e. The Labute approximate surface area is 237 Å². The van der Waals surface area contributed by atoms with Crippen LogP contribution in [0.3, 0.4) is 0 Å². The summed E-state index contributed by atoms with van der Waals surface area (Å²) in [6.07, 6.45) is -4.75. The van der Waals surface area contributed by atoms with Crippen LogP contribution in [0.4, 0.5) is 24.7 Å². The summed E-state index contributed by atoms with van der Waals surface area (Å²) in [5, 5.41) is 4.21. The predicted octanol–water partition coefficient (Wildman–Crippen LogP) is 6.74. The number of aromatic amines is 2. The number of rotatable bonds is 6. The molecular weight excluding hydrogens is 571 g/mol. The van der Waals surface area contributed by atoms with Crippen molar-refractivity contribution in [2.24, 2.45) is 0 Å². The molecule has 42 heavy (non-hydrogen) atoms. The van der Waals surface area contributed by atoms with Crippen molar-refractivity contribution in [2.45, 2.75) is 17.8 Å². The van der Waals surface area contributed by atoms with E-state index in [0.717, 1.165) is 11.3 Å². The molecule has 9 nitrogen and oxygen atoms in total. The van der Waals surface area contributed by atoms with Crippen LogP contribution in [0.15, 0.2) is 102 Å². The molecular formula is C29H24F3N5O4S. The molecule has 0 amide bonds. The van der Waals surface area contributed by atoms with Crippen molar-refractivity contribution in [1.82, 2.24) is 15.0 Å². The molecule has 0 radical (unpaired) electrons. The van der Waals surface area contributed by atoms with Gasteiger partial charge < -0.3 is 25.8 Å². The van der Waals surface area contributed by atoms with Crippen LogP contribution in [0.25, 0.3) is 33.1 Å². The molecule has 0 fully saturated rings. The average Bonchev–Trinajstić information content (AvgIpc) is 3.53. The number of H-pyrrole nitrogens is 2. The summed E-state index contributed by atoms with van der Waals surface area (Å²) in [4.78, 5) is 10.4. The van der Waals surface area contributed by atoms with Gasteiger partial charge >= 0.3 is 6.36 Å².